The molecule has 4 rings (SSSR count). The predicted molar refractivity (Wildman–Crippen MR) is 152 cm³/mol. The van der Waals surface area contributed by atoms with E-state index in [-0.39, 0.29) is 11.7 Å². The number of halogens is 1. The van der Waals surface area contributed by atoms with Gasteiger partial charge < -0.3 is 14.2 Å². The summed E-state index contributed by atoms with van der Waals surface area (Å²) in [6.07, 6.45) is 0. The second-order valence-electron chi connectivity index (χ2n) is 7.92. The molecule has 0 saturated carbocycles. The highest BCUT2D eigenvalue weighted by Crippen LogP contribution is 2.41. The van der Waals surface area contributed by atoms with Crippen molar-refractivity contribution in [1.29, 1.82) is 0 Å². The number of amides is 1. The smallest absolute Gasteiger partial charge is 0.250 e. The molecule has 0 bridgehead atoms. The molecule has 1 amide bonds. The third kappa shape index (κ3) is 6.17. The molecule has 11 heteroatoms. The summed E-state index contributed by atoms with van der Waals surface area (Å²) in [6.45, 7) is 1.84. The van der Waals surface area contributed by atoms with E-state index in [2.05, 4.69) is 36.7 Å². The van der Waals surface area contributed by atoms with Crippen LogP contribution in [0.3, 0.4) is 0 Å². The molecule has 0 radical (unpaired) electrons. The van der Waals surface area contributed by atoms with Gasteiger partial charge in [0.2, 0.25) is 5.75 Å². The summed E-state index contributed by atoms with van der Waals surface area (Å²) in [7, 11) is 4.67. The Balaban J connectivity index is 1.61. The molecular weight excluding hydrogens is 570 g/mol. The molecule has 0 unspecified atom stereocenters. The Hall–Kier alpha value is -3.83. The van der Waals surface area contributed by atoms with Gasteiger partial charge in [-0.3, -0.25) is 9.36 Å². The molecule has 4 aromatic rings. The van der Waals surface area contributed by atoms with Crippen LogP contribution in [-0.4, -0.2) is 53.5 Å². The van der Waals surface area contributed by atoms with Crippen LogP contribution in [0.2, 0.25) is 0 Å². The SMILES string of the molecule is COc1cc(-c2nnc(SCC(=O)N/N=C(/C)c3cccc(Br)c3)n2-c2ccccc2)cc(OC)c1OC. The first-order chi connectivity index (χ1) is 18.4. The fraction of sp³-hybridized carbons (Fsp3) is 0.185. The fourth-order valence-corrected chi connectivity index (χ4v) is 4.80. The van der Waals surface area contributed by atoms with E-state index in [0.29, 0.717) is 39.5 Å². The lowest BCUT2D eigenvalue weighted by Crippen LogP contribution is -2.21. The lowest BCUT2D eigenvalue weighted by Gasteiger charge is -2.15. The van der Waals surface area contributed by atoms with Crippen molar-refractivity contribution in [2.24, 2.45) is 5.10 Å². The molecule has 0 spiro atoms. The number of aromatic nitrogens is 3. The van der Waals surface area contributed by atoms with Crippen molar-refractivity contribution in [3.63, 3.8) is 0 Å². The monoisotopic (exact) mass is 595 g/mol. The van der Waals surface area contributed by atoms with E-state index in [1.54, 1.807) is 21.3 Å². The minimum Gasteiger partial charge on any atom is -0.493 e. The van der Waals surface area contributed by atoms with Crippen molar-refractivity contribution in [3.8, 4) is 34.3 Å². The number of methoxy groups -OCH3 is 3. The van der Waals surface area contributed by atoms with E-state index in [9.17, 15) is 4.79 Å². The van der Waals surface area contributed by atoms with Gasteiger partial charge in [-0.1, -0.05) is 58.0 Å². The van der Waals surface area contributed by atoms with Gasteiger partial charge in [-0.25, -0.2) is 5.43 Å². The maximum atomic E-state index is 12.6. The molecule has 196 valence electrons. The fourth-order valence-electron chi connectivity index (χ4n) is 3.66. The van der Waals surface area contributed by atoms with E-state index < -0.39 is 0 Å². The second kappa shape index (κ2) is 12.6. The van der Waals surface area contributed by atoms with Gasteiger partial charge in [-0.05, 0) is 48.9 Å². The predicted octanol–water partition coefficient (Wildman–Crippen LogP) is 5.36. The summed E-state index contributed by atoms with van der Waals surface area (Å²) in [5.74, 6) is 1.86. The Bertz CT molecular complexity index is 1430. The summed E-state index contributed by atoms with van der Waals surface area (Å²) in [5.41, 5.74) is 5.77. The van der Waals surface area contributed by atoms with Gasteiger partial charge in [0.05, 0.1) is 32.8 Å². The number of rotatable bonds is 10. The molecule has 38 heavy (non-hydrogen) atoms. The van der Waals surface area contributed by atoms with Crippen molar-refractivity contribution in [1.82, 2.24) is 20.2 Å². The van der Waals surface area contributed by atoms with Crippen molar-refractivity contribution in [2.45, 2.75) is 12.1 Å². The molecule has 0 atom stereocenters. The quantitative estimate of drug-likeness (QED) is 0.150. The van der Waals surface area contributed by atoms with Crippen molar-refractivity contribution < 1.29 is 19.0 Å². The molecular formula is C27H26BrN5O4S. The number of nitrogens with one attached hydrogen (secondary N) is 1. The first-order valence-electron chi connectivity index (χ1n) is 11.5. The molecule has 0 aliphatic rings. The maximum absolute atomic E-state index is 12.6. The molecule has 0 aliphatic heterocycles. The van der Waals surface area contributed by atoms with Crippen molar-refractivity contribution >= 4 is 39.3 Å². The normalized spacial score (nSPS) is 11.2. The first kappa shape index (κ1) is 27.2. The molecule has 1 aromatic heterocycles. The summed E-state index contributed by atoms with van der Waals surface area (Å²) in [4.78, 5) is 12.6. The lowest BCUT2D eigenvalue weighted by atomic mass is 10.1. The zero-order chi connectivity index (χ0) is 27.1. The zero-order valence-electron chi connectivity index (χ0n) is 21.3. The van der Waals surface area contributed by atoms with E-state index in [1.807, 2.05) is 78.2 Å². The van der Waals surface area contributed by atoms with Crippen LogP contribution in [0.1, 0.15) is 12.5 Å². The molecule has 3 aromatic carbocycles. The summed E-state index contributed by atoms with van der Waals surface area (Å²) < 4.78 is 19.3. The van der Waals surface area contributed by atoms with E-state index in [0.717, 1.165) is 15.7 Å². The summed E-state index contributed by atoms with van der Waals surface area (Å²) >= 11 is 4.70. The largest absolute Gasteiger partial charge is 0.493 e. The van der Waals surface area contributed by atoms with Crippen LogP contribution in [0.15, 0.2) is 81.5 Å². The topological polar surface area (TPSA) is 99.9 Å². The number of nitrogens with zero attached hydrogens (tertiary/aromatic N) is 4. The van der Waals surface area contributed by atoms with Gasteiger partial charge in [-0.15, -0.1) is 10.2 Å². The number of carbonyl (C=O) groups excluding carboxylic acids is 1. The average Bonchev–Trinajstić information content (AvgIpc) is 3.38. The van der Waals surface area contributed by atoms with Crippen LogP contribution in [0, 0.1) is 0 Å². The minimum absolute atomic E-state index is 0.0927. The van der Waals surface area contributed by atoms with Crippen LogP contribution >= 0.6 is 27.7 Å². The highest BCUT2D eigenvalue weighted by atomic mass is 79.9. The molecule has 0 fully saturated rings. The van der Waals surface area contributed by atoms with Crippen LogP contribution in [0.25, 0.3) is 17.1 Å². The Morgan fingerprint density at radius 3 is 2.32 bits per heavy atom. The molecule has 9 nitrogen and oxygen atoms in total. The van der Waals surface area contributed by atoms with Crippen LogP contribution < -0.4 is 19.6 Å². The Morgan fingerprint density at radius 2 is 1.68 bits per heavy atom. The molecule has 1 heterocycles. The number of hydrogen-bond acceptors (Lipinski definition) is 8. The number of hydrogen-bond donors (Lipinski definition) is 1. The molecule has 1 N–H and O–H groups in total. The molecule has 0 saturated heterocycles. The van der Waals surface area contributed by atoms with E-state index in [1.165, 1.54) is 11.8 Å². The van der Waals surface area contributed by atoms with E-state index in [4.69, 9.17) is 14.2 Å². The van der Waals surface area contributed by atoms with Crippen LogP contribution in [0.4, 0.5) is 0 Å². The van der Waals surface area contributed by atoms with Gasteiger partial charge in [0, 0.05) is 15.7 Å². The average molecular weight is 597 g/mol. The van der Waals surface area contributed by atoms with Gasteiger partial charge in [0.1, 0.15) is 0 Å². The Labute approximate surface area is 233 Å². The number of thioether (sulfide) groups is 1. The second-order valence-corrected chi connectivity index (χ2v) is 9.78. The number of benzene rings is 3. The maximum Gasteiger partial charge on any atom is 0.250 e. The zero-order valence-corrected chi connectivity index (χ0v) is 23.7. The Kier molecular flexibility index (Phi) is 9.03. The number of ether oxygens (including phenoxy) is 3. The summed E-state index contributed by atoms with van der Waals surface area (Å²) in [6, 6.07) is 21.0. The van der Waals surface area contributed by atoms with E-state index >= 15 is 0 Å². The number of carbonyl (C=O) groups is 1. The third-order valence-corrected chi connectivity index (χ3v) is 6.92. The van der Waals surface area contributed by atoms with Crippen LogP contribution in [0.5, 0.6) is 17.2 Å². The van der Waals surface area contributed by atoms with Crippen LogP contribution in [-0.2, 0) is 4.79 Å². The van der Waals surface area contributed by atoms with Gasteiger partial charge in [-0.2, -0.15) is 5.10 Å². The van der Waals surface area contributed by atoms with Gasteiger partial charge in [0.15, 0.2) is 22.5 Å². The summed E-state index contributed by atoms with van der Waals surface area (Å²) in [5, 5.41) is 13.6. The van der Waals surface area contributed by atoms with Crippen molar-refractivity contribution in [3.05, 3.63) is 76.8 Å². The highest BCUT2D eigenvalue weighted by molar-refractivity contribution is 9.10. The Morgan fingerprint density at radius 1 is 0.974 bits per heavy atom. The third-order valence-electron chi connectivity index (χ3n) is 5.49. The minimum atomic E-state index is -0.263. The van der Waals surface area contributed by atoms with Gasteiger partial charge >= 0.3 is 0 Å². The number of para-hydroxylation sites is 1. The lowest BCUT2D eigenvalue weighted by molar-refractivity contribution is -0.118. The first-order valence-corrected chi connectivity index (χ1v) is 13.3. The van der Waals surface area contributed by atoms with Gasteiger partial charge in [0.25, 0.3) is 5.91 Å². The highest BCUT2D eigenvalue weighted by Gasteiger charge is 2.21. The standard InChI is InChI=1S/C27H26BrN5O4S/c1-17(18-9-8-10-20(28)13-18)29-30-24(34)16-38-27-32-31-26(33(27)21-11-6-5-7-12-21)19-14-22(35-2)25(37-4)23(15-19)36-3/h5-15H,16H2,1-4H3,(H,30,34)/b29-17-. The van der Waals surface area contributed by atoms with Crippen molar-refractivity contribution in [2.75, 3.05) is 27.1 Å². The molecule has 0 aliphatic carbocycles. The number of hydrazone groups is 1.